The number of anilines is 1. The van der Waals surface area contributed by atoms with Gasteiger partial charge in [-0.25, -0.2) is 12.8 Å². The van der Waals surface area contributed by atoms with Crippen molar-refractivity contribution in [1.29, 1.82) is 0 Å². The van der Waals surface area contributed by atoms with Crippen LogP contribution >= 0.6 is 23.4 Å². The smallest absolute Gasteiger partial charge is 0.243 e. The molecule has 4 rings (SSSR count). The molecule has 5 nitrogen and oxygen atoms in total. The third-order valence-corrected chi connectivity index (χ3v) is 8.55. The lowest BCUT2D eigenvalue weighted by atomic mass is 9.96. The number of halogens is 2. The summed E-state index contributed by atoms with van der Waals surface area (Å²) in [6.45, 7) is 1.16. The number of rotatable bonds is 3. The maximum atomic E-state index is 13.4. The van der Waals surface area contributed by atoms with Crippen LogP contribution in [0.25, 0.3) is 0 Å². The molecule has 0 N–H and O–H groups in total. The zero-order valence-electron chi connectivity index (χ0n) is 15.6. The third-order valence-electron chi connectivity index (χ3n) is 5.33. The summed E-state index contributed by atoms with van der Waals surface area (Å²) in [6.07, 6.45) is 0.914. The van der Waals surface area contributed by atoms with Crippen LogP contribution in [0.2, 0.25) is 5.02 Å². The van der Waals surface area contributed by atoms with Gasteiger partial charge in [-0.15, -0.1) is 11.8 Å². The van der Waals surface area contributed by atoms with Crippen molar-refractivity contribution >= 4 is 45.0 Å². The van der Waals surface area contributed by atoms with Crippen LogP contribution in [0.4, 0.5) is 10.1 Å². The van der Waals surface area contributed by atoms with Gasteiger partial charge in [0, 0.05) is 36.2 Å². The summed E-state index contributed by atoms with van der Waals surface area (Å²) >= 11 is 7.48. The predicted octanol–water partition coefficient (Wildman–Crippen LogP) is 4.02. The molecule has 2 heterocycles. The van der Waals surface area contributed by atoms with E-state index in [-0.39, 0.29) is 34.8 Å². The number of hydrogen-bond acceptors (Lipinski definition) is 4. The Hall–Kier alpha value is -1.61. The Morgan fingerprint density at radius 3 is 2.55 bits per heavy atom. The second kappa shape index (κ2) is 8.26. The fourth-order valence-corrected chi connectivity index (χ4v) is 6.48. The normalized spacial score (nSPS) is 18.5. The Bertz CT molecular complexity index is 1040. The number of sulfonamides is 1. The van der Waals surface area contributed by atoms with Gasteiger partial charge in [-0.1, -0.05) is 23.7 Å². The van der Waals surface area contributed by atoms with Gasteiger partial charge in [-0.05, 0) is 43.2 Å². The first-order valence-electron chi connectivity index (χ1n) is 9.36. The fourth-order valence-electron chi connectivity index (χ4n) is 3.75. The first-order valence-corrected chi connectivity index (χ1v) is 12.2. The molecule has 0 radical (unpaired) electrons. The minimum Gasteiger partial charge on any atom is -0.310 e. The number of piperidine rings is 1. The first kappa shape index (κ1) is 20.7. The van der Waals surface area contributed by atoms with E-state index in [2.05, 4.69) is 0 Å². The second-order valence-electron chi connectivity index (χ2n) is 7.06. The number of para-hydroxylation sites is 1. The molecule has 0 atom stereocenters. The number of carbonyl (C=O) groups is 1. The monoisotopic (exact) mass is 454 g/mol. The Balaban J connectivity index is 1.46. The molecule has 0 spiro atoms. The highest BCUT2D eigenvalue weighted by Crippen LogP contribution is 2.36. The Labute approximate surface area is 178 Å². The lowest BCUT2D eigenvalue weighted by molar-refractivity contribution is -0.123. The van der Waals surface area contributed by atoms with Gasteiger partial charge in [0.15, 0.2) is 0 Å². The van der Waals surface area contributed by atoms with Crippen LogP contribution in [0.15, 0.2) is 52.3 Å². The lowest BCUT2D eigenvalue weighted by Gasteiger charge is -2.35. The number of thioether (sulfide) groups is 1. The van der Waals surface area contributed by atoms with E-state index in [4.69, 9.17) is 11.6 Å². The molecule has 2 aromatic rings. The summed E-state index contributed by atoms with van der Waals surface area (Å²) in [5, 5.41) is -0.224. The van der Waals surface area contributed by atoms with Gasteiger partial charge in [-0.3, -0.25) is 4.79 Å². The van der Waals surface area contributed by atoms with Gasteiger partial charge in [0.1, 0.15) is 5.82 Å². The number of nitrogens with zero attached hydrogens (tertiary/aromatic N) is 2. The van der Waals surface area contributed by atoms with E-state index >= 15 is 0 Å². The maximum absolute atomic E-state index is 13.4. The standard InChI is InChI=1S/C20H20ClFN2O3S2/c21-16-13-15(5-6-17(16)22)29(26,27)23-9-7-14(8-10-23)20(25)24-11-12-28-19-4-2-1-3-18(19)24/h1-6,13-14H,7-12H2. The number of amides is 1. The van der Waals surface area contributed by atoms with E-state index in [1.165, 1.54) is 10.4 Å². The Morgan fingerprint density at radius 1 is 1.10 bits per heavy atom. The number of hydrogen-bond donors (Lipinski definition) is 0. The average molecular weight is 455 g/mol. The van der Waals surface area contributed by atoms with Gasteiger partial charge in [0.25, 0.3) is 0 Å². The molecule has 9 heteroatoms. The summed E-state index contributed by atoms with van der Waals surface area (Å²) in [5.74, 6) is 0.0327. The van der Waals surface area contributed by atoms with Crippen LogP contribution in [0.3, 0.4) is 0 Å². The third kappa shape index (κ3) is 4.03. The maximum Gasteiger partial charge on any atom is 0.243 e. The molecule has 2 aliphatic rings. The van der Waals surface area contributed by atoms with Gasteiger partial charge >= 0.3 is 0 Å². The largest absolute Gasteiger partial charge is 0.310 e. The zero-order chi connectivity index (χ0) is 20.6. The van der Waals surface area contributed by atoms with E-state index < -0.39 is 15.8 Å². The molecule has 1 saturated heterocycles. The molecule has 0 aromatic heterocycles. The highest BCUT2D eigenvalue weighted by Gasteiger charge is 2.35. The number of carbonyl (C=O) groups excluding carboxylic acids is 1. The quantitative estimate of drug-likeness (QED) is 0.702. The second-order valence-corrected chi connectivity index (χ2v) is 10.5. The molecule has 0 saturated carbocycles. The first-order chi connectivity index (χ1) is 13.9. The van der Waals surface area contributed by atoms with Crippen LogP contribution in [-0.2, 0) is 14.8 Å². The van der Waals surface area contributed by atoms with E-state index in [9.17, 15) is 17.6 Å². The number of benzene rings is 2. The van der Waals surface area contributed by atoms with Crippen LogP contribution in [0.5, 0.6) is 0 Å². The molecule has 2 aliphatic heterocycles. The van der Waals surface area contributed by atoms with E-state index in [0.29, 0.717) is 19.4 Å². The van der Waals surface area contributed by atoms with Crippen molar-refractivity contribution in [3.8, 4) is 0 Å². The average Bonchev–Trinajstić information content (AvgIpc) is 2.74. The molecule has 1 amide bonds. The van der Waals surface area contributed by atoms with Gasteiger partial charge < -0.3 is 4.90 Å². The minimum atomic E-state index is -3.77. The van der Waals surface area contributed by atoms with Crippen LogP contribution in [-0.4, -0.2) is 44.0 Å². The van der Waals surface area contributed by atoms with Crippen molar-refractivity contribution in [2.45, 2.75) is 22.6 Å². The predicted molar refractivity (Wildman–Crippen MR) is 112 cm³/mol. The fraction of sp³-hybridized carbons (Fsp3) is 0.350. The van der Waals surface area contributed by atoms with Gasteiger partial charge in [-0.2, -0.15) is 4.31 Å². The van der Waals surface area contributed by atoms with Crippen molar-refractivity contribution in [2.75, 3.05) is 30.3 Å². The van der Waals surface area contributed by atoms with E-state index in [0.717, 1.165) is 28.5 Å². The summed E-state index contributed by atoms with van der Waals surface area (Å²) in [5.41, 5.74) is 0.935. The van der Waals surface area contributed by atoms with Crippen molar-refractivity contribution in [1.82, 2.24) is 4.31 Å². The molecular formula is C20H20ClFN2O3S2. The van der Waals surface area contributed by atoms with Crippen molar-refractivity contribution in [3.63, 3.8) is 0 Å². The minimum absolute atomic E-state index is 0.0318. The molecule has 1 fully saturated rings. The van der Waals surface area contributed by atoms with E-state index in [1.54, 1.807) is 11.8 Å². The molecule has 0 bridgehead atoms. The van der Waals surface area contributed by atoms with E-state index in [1.807, 2.05) is 29.2 Å². The van der Waals surface area contributed by atoms with Gasteiger partial charge in [0.05, 0.1) is 15.6 Å². The SMILES string of the molecule is O=C(C1CCN(S(=O)(=O)c2ccc(F)c(Cl)c2)CC1)N1CCSc2ccccc21. The Kier molecular flexibility index (Phi) is 5.88. The van der Waals surface area contributed by atoms with Gasteiger partial charge in [0.2, 0.25) is 15.9 Å². The summed E-state index contributed by atoms with van der Waals surface area (Å²) in [6, 6.07) is 11.3. The molecule has 154 valence electrons. The summed E-state index contributed by atoms with van der Waals surface area (Å²) in [4.78, 5) is 16.0. The zero-order valence-corrected chi connectivity index (χ0v) is 17.9. The number of fused-ring (bicyclic) bond motifs is 1. The van der Waals surface area contributed by atoms with Crippen molar-refractivity contribution in [3.05, 3.63) is 53.3 Å². The van der Waals surface area contributed by atoms with Crippen LogP contribution in [0.1, 0.15) is 12.8 Å². The molecule has 29 heavy (non-hydrogen) atoms. The van der Waals surface area contributed by atoms with Crippen molar-refractivity contribution in [2.24, 2.45) is 5.92 Å². The molecular weight excluding hydrogens is 435 g/mol. The van der Waals surface area contributed by atoms with Crippen molar-refractivity contribution < 1.29 is 17.6 Å². The highest BCUT2D eigenvalue weighted by molar-refractivity contribution is 7.99. The van der Waals surface area contributed by atoms with Crippen LogP contribution < -0.4 is 4.90 Å². The molecule has 0 unspecified atom stereocenters. The van der Waals surface area contributed by atoms with Crippen LogP contribution in [0, 0.1) is 11.7 Å². The molecule has 0 aliphatic carbocycles. The Morgan fingerprint density at radius 2 is 1.83 bits per heavy atom. The molecule has 2 aromatic carbocycles. The summed E-state index contributed by atoms with van der Waals surface area (Å²) < 4.78 is 40.4. The summed E-state index contributed by atoms with van der Waals surface area (Å²) in [7, 11) is -3.77. The topological polar surface area (TPSA) is 57.7 Å². The lowest BCUT2D eigenvalue weighted by Crippen LogP contribution is -2.45. The highest BCUT2D eigenvalue weighted by atomic mass is 35.5.